The summed E-state index contributed by atoms with van der Waals surface area (Å²) in [4.78, 5) is 2.47. The fourth-order valence-corrected chi connectivity index (χ4v) is 3.33. The van der Waals surface area contributed by atoms with Gasteiger partial charge in [-0.25, -0.2) is 8.78 Å². The largest absolute Gasteiger partial charge is 0.313 e. The molecule has 1 aliphatic rings. The van der Waals surface area contributed by atoms with Crippen molar-refractivity contribution < 1.29 is 8.78 Å². The monoisotopic (exact) mass is 296 g/mol. The second kappa shape index (κ2) is 7.85. The van der Waals surface area contributed by atoms with Crippen LogP contribution < -0.4 is 5.32 Å². The van der Waals surface area contributed by atoms with Crippen molar-refractivity contribution in [1.29, 1.82) is 0 Å². The summed E-state index contributed by atoms with van der Waals surface area (Å²) in [7, 11) is 1.84. The highest BCUT2D eigenvalue weighted by Gasteiger charge is 2.22. The fraction of sp³-hybridized carbons (Fsp3) is 0.647. The van der Waals surface area contributed by atoms with E-state index in [2.05, 4.69) is 17.1 Å². The molecule has 0 amide bonds. The van der Waals surface area contributed by atoms with Crippen molar-refractivity contribution in [2.24, 2.45) is 5.92 Å². The molecule has 1 heterocycles. The van der Waals surface area contributed by atoms with Crippen molar-refractivity contribution in [1.82, 2.24) is 10.2 Å². The lowest BCUT2D eigenvalue weighted by Crippen LogP contribution is -2.27. The summed E-state index contributed by atoms with van der Waals surface area (Å²) in [6.45, 7) is 5.53. The second-order valence-corrected chi connectivity index (χ2v) is 6.08. The molecule has 21 heavy (non-hydrogen) atoms. The van der Waals surface area contributed by atoms with E-state index in [1.54, 1.807) is 0 Å². The Morgan fingerprint density at radius 3 is 2.62 bits per heavy atom. The molecular formula is C17H26F2N2. The van der Waals surface area contributed by atoms with Gasteiger partial charge in [0.2, 0.25) is 0 Å². The maximum Gasteiger partial charge on any atom is 0.126 e. The molecule has 4 heteroatoms. The molecule has 2 atom stereocenters. The molecule has 0 spiro atoms. The number of nitrogens with zero attached hydrogens (tertiary/aromatic N) is 1. The zero-order chi connectivity index (χ0) is 15.2. The quantitative estimate of drug-likeness (QED) is 0.824. The van der Waals surface area contributed by atoms with Crippen molar-refractivity contribution in [2.45, 2.75) is 38.6 Å². The smallest absolute Gasteiger partial charge is 0.126 e. The van der Waals surface area contributed by atoms with Gasteiger partial charge in [-0.3, -0.25) is 0 Å². The second-order valence-electron chi connectivity index (χ2n) is 6.08. The van der Waals surface area contributed by atoms with E-state index in [1.165, 1.54) is 37.9 Å². The van der Waals surface area contributed by atoms with Crippen LogP contribution in [0.3, 0.4) is 0 Å². The molecule has 1 saturated heterocycles. The van der Waals surface area contributed by atoms with Crippen LogP contribution in [0.2, 0.25) is 0 Å². The summed E-state index contributed by atoms with van der Waals surface area (Å²) in [6.07, 6.45) is 4.71. The first-order valence-electron chi connectivity index (χ1n) is 7.98. The van der Waals surface area contributed by atoms with Crippen molar-refractivity contribution >= 4 is 0 Å². The van der Waals surface area contributed by atoms with Crippen LogP contribution in [0.5, 0.6) is 0 Å². The summed E-state index contributed by atoms with van der Waals surface area (Å²) in [5, 5.41) is 3.17. The van der Waals surface area contributed by atoms with Gasteiger partial charge in [-0.1, -0.05) is 13.3 Å². The van der Waals surface area contributed by atoms with E-state index in [9.17, 15) is 8.78 Å². The third kappa shape index (κ3) is 4.75. The summed E-state index contributed by atoms with van der Waals surface area (Å²) in [5.41, 5.74) is 0.694. The van der Waals surface area contributed by atoms with Gasteiger partial charge < -0.3 is 10.2 Å². The molecule has 1 aromatic rings. The van der Waals surface area contributed by atoms with Crippen molar-refractivity contribution in [3.05, 3.63) is 35.4 Å². The lowest BCUT2D eigenvalue weighted by molar-refractivity contribution is 0.299. The maximum atomic E-state index is 13.3. The lowest BCUT2D eigenvalue weighted by Gasteiger charge is -2.21. The van der Waals surface area contributed by atoms with Crippen LogP contribution in [0.1, 0.15) is 44.2 Å². The van der Waals surface area contributed by atoms with Crippen molar-refractivity contribution in [3.8, 4) is 0 Å². The number of hydrogen-bond acceptors (Lipinski definition) is 2. The standard InChI is InChI=1S/C17H26F2N2/c1-3-4-13-5-7-21(12-13)8-6-17(20-2)14-9-15(18)11-16(19)10-14/h9-11,13,17,20H,3-8,12H2,1-2H3. The summed E-state index contributed by atoms with van der Waals surface area (Å²) < 4.78 is 26.6. The van der Waals surface area contributed by atoms with Crippen LogP contribution in [-0.4, -0.2) is 31.6 Å². The summed E-state index contributed by atoms with van der Waals surface area (Å²) in [5.74, 6) is -0.182. The predicted octanol–water partition coefficient (Wildman–Crippen LogP) is 3.74. The van der Waals surface area contributed by atoms with Gasteiger partial charge >= 0.3 is 0 Å². The molecule has 0 aromatic heterocycles. The zero-order valence-electron chi connectivity index (χ0n) is 13.0. The highest BCUT2D eigenvalue weighted by molar-refractivity contribution is 5.21. The normalized spacial score (nSPS) is 20.9. The third-order valence-corrected chi connectivity index (χ3v) is 4.44. The molecule has 2 unspecified atom stereocenters. The average molecular weight is 296 g/mol. The van der Waals surface area contributed by atoms with Gasteiger partial charge in [0.25, 0.3) is 0 Å². The highest BCUT2D eigenvalue weighted by Crippen LogP contribution is 2.24. The fourth-order valence-electron chi connectivity index (χ4n) is 3.33. The Balaban J connectivity index is 1.88. The first-order valence-corrected chi connectivity index (χ1v) is 7.98. The average Bonchev–Trinajstić information content (AvgIpc) is 2.86. The third-order valence-electron chi connectivity index (χ3n) is 4.44. The molecule has 2 nitrogen and oxygen atoms in total. The van der Waals surface area contributed by atoms with Crippen LogP contribution in [0.15, 0.2) is 18.2 Å². The van der Waals surface area contributed by atoms with Crippen LogP contribution in [0.25, 0.3) is 0 Å². The number of halogens is 2. The predicted molar refractivity (Wildman–Crippen MR) is 82.2 cm³/mol. The van der Waals surface area contributed by atoms with Gasteiger partial charge in [0.15, 0.2) is 0 Å². The maximum absolute atomic E-state index is 13.3. The summed E-state index contributed by atoms with van der Waals surface area (Å²) >= 11 is 0. The zero-order valence-corrected chi connectivity index (χ0v) is 13.0. The Labute approximate surface area is 126 Å². The number of rotatable bonds is 7. The Kier molecular flexibility index (Phi) is 6.12. The van der Waals surface area contributed by atoms with Gasteiger partial charge in [0.1, 0.15) is 11.6 Å². The van der Waals surface area contributed by atoms with Crippen molar-refractivity contribution in [3.63, 3.8) is 0 Å². The SMILES string of the molecule is CCCC1CCN(CCC(NC)c2cc(F)cc(F)c2)C1. The molecule has 0 saturated carbocycles. The van der Waals surface area contributed by atoms with E-state index in [1.807, 2.05) is 7.05 Å². The summed E-state index contributed by atoms with van der Waals surface area (Å²) in [6, 6.07) is 3.77. The number of hydrogen-bond donors (Lipinski definition) is 1. The van der Waals surface area contributed by atoms with E-state index in [0.717, 1.165) is 31.5 Å². The van der Waals surface area contributed by atoms with E-state index in [-0.39, 0.29) is 6.04 Å². The first-order chi connectivity index (χ1) is 10.1. The Morgan fingerprint density at radius 1 is 1.29 bits per heavy atom. The van der Waals surface area contributed by atoms with Crippen LogP contribution in [-0.2, 0) is 0 Å². The topological polar surface area (TPSA) is 15.3 Å². The van der Waals surface area contributed by atoms with E-state index < -0.39 is 11.6 Å². The van der Waals surface area contributed by atoms with Crippen LogP contribution in [0, 0.1) is 17.6 Å². The van der Waals surface area contributed by atoms with E-state index >= 15 is 0 Å². The Bertz CT molecular complexity index is 430. The Hall–Kier alpha value is -1.00. The Morgan fingerprint density at radius 2 is 2.00 bits per heavy atom. The van der Waals surface area contributed by atoms with Crippen molar-refractivity contribution in [2.75, 3.05) is 26.7 Å². The molecular weight excluding hydrogens is 270 g/mol. The number of benzene rings is 1. The molecule has 1 N–H and O–H groups in total. The lowest BCUT2D eigenvalue weighted by atomic mass is 10.0. The molecule has 1 aliphatic heterocycles. The molecule has 1 fully saturated rings. The number of likely N-dealkylation sites (tertiary alicyclic amines) is 1. The van der Waals surface area contributed by atoms with Crippen LogP contribution in [0.4, 0.5) is 8.78 Å². The van der Waals surface area contributed by atoms with Gasteiger partial charge in [-0.05, 0) is 63.0 Å². The minimum absolute atomic E-state index is 0.000394. The number of nitrogens with one attached hydrogen (secondary N) is 1. The van der Waals surface area contributed by atoms with Gasteiger partial charge in [-0.15, -0.1) is 0 Å². The minimum atomic E-state index is -0.505. The molecule has 0 radical (unpaired) electrons. The van der Waals surface area contributed by atoms with E-state index in [4.69, 9.17) is 0 Å². The van der Waals surface area contributed by atoms with Crippen LogP contribution >= 0.6 is 0 Å². The molecule has 1 aromatic carbocycles. The van der Waals surface area contributed by atoms with Gasteiger partial charge in [-0.2, -0.15) is 0 Å². The molecule has 2 rings (SSSR count). The van der Waals surface area contributed by atoms with Gasteiger partial charge in [0.05, 0.1) is 0 Å². The van der Waals surface area contributed by atoms with Gasteiger partial charge in [0, 0.05) is 18.7 Å². The molecule has 0 aliphatic carbocycles. The first kappa shape index (κ1) is 16.4. The molecule has 0 bridgehead atoms. The minimum Gasteiger partial charge on any atom is -0.313 e. The van der Waals surface area contributed by atoms with E-state index in [0.29, 0.717) is 5.56 Å². The highest BCUT2D eigenvalue weighted by atomic mass is 19.1. The molecule has 118 valence electrons.